The molecule has 828 valence electrons. The van der Waals surface area contributed by atoms with E-state index >= 15 is 0 Å². The number of nitrogens with one attached hydrogen (secondary N) is 1. The lowest BCUT2D eigenvalue weighted by molar-refractivity contribution is 1.06. The minimum atomic E-state index is 0.874. The molecule has 0 bridgehead atoms. The fourth-order valence-electron chi connectivity index (χ4n) is 19.9. The average Bonchev–Trinajstić information content (AvgIpc) is 0.718. The molecule has 12 rings (SSSR count). The van der Waals surface area contributed by atoms with E-state index in [9.17, 15) is 0 Å². The molecular formula is C143H226N6. The summed E-state index contributed by atoms with van der Waals surface area (Å²) in [5, 5.41) is 3.99. The number of nitrogen functional groups attached to an aromatic ring is 2. The fourth-order valence-corrected chi connectivity index (χ4v) is 19.9. The van der Waals surface area contributed by atoms with Crippen LogP contribution in [-0.2, 0) is 0 Å². The second kappa shape index (κ2) is 65.6. The quantitative estimate of drug-likeness (QED) is 0.112. The number of aryl methyl sites for hydroxylation is 1. The summed E-state index contributed by atoms with van der Waals surface area (Å²) in [6, 6.07) is 21.3. The van der Waals surface area contributed by atoms with Gasteiger partial charge in [-0.05, 0) is 618 Å². The Hall–Kier alpha value is -10.6. The number of benzene rings is 12. The minimum absolute atomic E-state index is 0.874. The zero-order valence-electron chi connectivity index (χ0n) is 110. The highest BCUT2D eigenvalue weighted by Crippen LogP contribution is 2.56. The van der Waals surface area contributed by atoms with Crippen LogP contribution in [0.4, 0.5) is 73.9 Å². The summed E-state index contributed by atoms with van der Waals surface area (Å²) in [4.78, 5) is 7.89. The molecule has 0 unspecified atom stereocenters. The Morgan fingerprint density at radius 2 is 0.255 bits per heavy atom. The Kier molecular flexibility index (Phi) is 62.8. The zero-order chi connectivity index (χ0) is 118. The van der Waals surface area contributed by atoms with E-state index in [4.69, 9.17) is 11.5 Å². The number of hydrogen-bond donors (Lipinski definition) is 3. The Morgan fingerprint density at radius 3 is 0.396 bits per heavy atom. The fraction of sp³-hybridized carbons (Fsp3) is 0.497. The van der Waals surface area contributed by atoms with Gasteiger partial charge in [0.15, 0.2) is 0 Å². The average molecular weight is 2030 g/mol. The van der Waals surface area contributed by atoms with Gasteiger partial charge in [0, 0.05) is 28.4 Å². The van der Waals surface area contributed by atoms with Crippen molar-refractivity contribution in [3.8, 4) is 0 Å². The van der Waals surface area contributed by atoms with Crippen molar-refractivity contribution in [2.45, 2.75) is 491 Å². The summed E-state index contributed by atoms with van der Waals surface area (Å²) in [6.45, 7) is 151. The maximum absolute atomic E-state index is 5.90. The van der Waals surface area contributed by atoms with Crippen molar-refractivity contribution in [3.05, 3.63) is 333 Å². The van der Waals surface area contributed by atoms with Crippen LogP contribution >= 0.6 is 0 Å². The maximum Gasteiger partial charge on any atom is 0.0527 e. The van der Waals surface area contributed by atoms with E-state index in [1.807, 2.05) is 157 Å². The van der Waals surface area contributed by atoms with Gasteiger partial charge >= 0.3 is 0 Å². The largest absolute Gasteiger partial charge is 0.398 e. The number of rotatable bonds is 11. The Labute approximate surface area is 923 Å². The molecule has 6 nitrogen and oxygen atoms in total. The smallest absolute Gasteiger partial charge is 0.0527 e. The standard InChI is InChI=1S/C49H62N2.C43H58N2.C12H18.C10H16N2.C7H8.2C3H8.8C2H6/c1-25-28(4)34(10)45(35(11)29(25)5)50(44-23-21-20-22-24-44)46-40(16)42(18)49(43(19)41(46)17)51(47-36(12)30(6)26(2)31(7)37(47)13)48-38(14)32(8)27(3)33(9)39(48)15;1-20-23(4)29(10)39(30(11)24(20)5)44-40-31(12)37(18)43(38(19)32(40)13)45(41-33(14)25(6)21(2)26(7)34(41)15)42-35(16)27(8)22(3)28(9)36(42)17;1-7-8(2)10(4)12(6)11(5)9(7)3;1-5-6(2)10(12)8(4)7(3)9(5)11;1-7-5-3-2-4-6-7;2*1-3-2;8*1-2/h20-24H,1-19H3;44H,1-19H3;1-6H3;11-12H2,1-4H3;2-6H,1H3;2*3H2,1-2H3;8*1-2H3. The van der Waals surface area contributed by atoms with E-state index < -0.39 is 0 Å². The first kappa shape index (κ1) is 143. The van der Waals surface area contributed by atoms with E-state index in [-0.39, 0.29) is 0 Å². The van der Waals surface area contributed by atoms with Gasteiger partial charge in [-0.1, -0.05) is 205 Å². The summed E-state index contributed by atoms with van der Waals surface area (Å²) in [7, 11) is 0. The van der Waals surface area contributed by atoms with E-state index in [0.29, 0.717) is 0 Å². The predicted octanol–water partition coefficient (Wildman–Crippen LogP) is 45.9. The normalized spacial score (nSPS) is 10.0. The third-order valence-corrected chi connectivity index (χ3v) is 33.0. The van der Waals surface area contributed by atoms with Gasteiger partial charge in [-0.3, -0.25) is 0 Å². The van der Waals surface area contributed by atoms with E-state index in [1.165, 1.54) is 326 Å². The van der Waals surface area contributed by atoms with Crippen LogP contribution in [0.2, 0.25) is 0 Å². The summed E-state index contributed by atoms with van der Waals surface area (Å²) in [5.74, 6) is 0. The highest BCUT2D eigenvalue weighted by molar-refractivity contribution is 5.96. The van der Waals surface area contributed by atoms with Crippen LogP contribution in [0.25, 0.3) is 0 Å². The molecule has 0 aliphatic carbocycles. The first-order valence-corrected chi connectivity index (χ1v) is 57.2. The van der Waals surface area contributed by atoms with Crippen LogP contribution in [0.1, 0.15) is 424 Å². The lowest BCUT2D eigenvalue weighted by Gasteiger charge is -2.39. The van der Waals surface area contributed by atoms with Crippen LogP contribution in [0.5, 0.6) is 0 Å². The molecule has 0 radical (unpaired) electrons. The number of nitrogens with zero attached hydrogens (tertiary/aromatic N) is 3. The van der Waals surface area contributed by atoms with Crippen LogP contribution in [0.3, 0.4) is 0 Å². The third kappa shape index (κ3) is 30.9. The molecule has 6 heteroatoms. The lowest BCUT2D eigenvalue weighted by atomic mass is 9.86. The van der Waals surface area contributed by atoms with Gasteiger partial charge in [0.05, 0.1) is 45.5 Å². The monoisotopic (exact) mass is 2030 g/mol. The topological polar surface area (TPSA) is 73.8 Å². The molecule has 0 spiro atoms. The minimum Gasteiger partial charge on any atom is -0.398 e. The van der Waals surface area contributed by atoms with Gasteiger partial charge < -0.3 is 31.5 Å². The van der Waals surface area contributed by atoms with Gasteiger partial charge in [0.2, 0.25) is 0 Å². The molecule has 0 saturated carbocycles. The van der Waals surface area contributed by atoms with Crippen molar-refractivity contribution in [2.24, 2.45) is 0 Å². The van der Waals surface area contributed by atoms with Crippen molar-refractivity contribution < 1.29 is 0 Å². The van der Waals surface area contributed by atoms with Crippen molar-refractivity contribution in [1.29, 1.82) is 0 Å². The molecule has 5 N–H and O–H groups in total. The molecule has 0 aliphatic rings. The van der Waals surface area contributed by atoms with Crippen molar-refractivity contribution in [1.82, 2.24) is 0 Å². The number of hydrogen-bond acceptors (Lipinski definition) is 6. The summed E-state index contributed by atoms with van der Waals surface area (Å²) in [5.41, 5.74) is 93.7. The number of para-hydroxylation sites is 1. The first-order chi connectivity index (χ1) is 69.7. The SMILES string of the molecule is CC.CC.CC.CC.CC.CC.CC.CC.CCC.CCC.Cc1c(C)c(C)c(C)c(C)c1C.Cc1c(C)c(C)c(N(c2ccccc2)c2c(C)c(C)c(N(c3c(C)c(C)c(C)c(C)c3C)c3c(C)c(C)c(C)c(C)c3C)c(C)c2C)c(C)c1C.Cc1c(C)c(C)c(Nc2c(C)c(C)c(N(c3c(C)c(C)c(C)c(C)c3C)c3c(C)c(C)c(C)c(C)c3C)c(C)c2C)c(C)c1C.Cc1c(C)c(N)c(C)c(C)c1N.Cc1ccccc1. The predicted molar refractivity (Wildman–Crippen MR) is 690 cm³/mol. The second-order valence-electron chi connectivity index (χ2n) is 39.9. The highest BCUT2D eigenvalue weighted by Gasteiger charge is 2.35. The van der Waals surface area contributed by atoms with E-state index in [0.717, 1.165) is 33.6 Å². The van der Waals surface area contributed by atoms with Crippen LogP contribution in [0.15, 0.2) is 60.7 Å². The number of anilines is 13. The van der Waals surface area contributed by atoms with Crippen molar-refractivity contribution >= 4 is 73.9 Å². The summed E-state index contributed by atoms with van der Waals surface area (Å²) < 4.78 is 0. The number of nitrogens with two attached hydrogens (primary N) is 2. The molecule has 0 heterocycles. The van der Waals surface area contributed by atoms with Crippen molar-refractivity contribution in [2.75, 3.05) is 31.5 Å². The first-order valence-electron chi connectivity index (χ1n) is 57.2. The molecule has 0 saturated heterocycles. The van der Waals surface area contributed by atoms with Crippen LogP contribution in [0, 0.1) is 339 Å². The maximum atomic E-state index is 5.90. The highest BCUT2D eigenvalue weighted by atomic mass is 15.2. The van der Waals surface area contributed by atoms with Crippen LogP contribution < -0.4 is 31.5 Å². The molecule has 0 atom stereocenters. The van der Waals surface area contributed by atoms with E-state index in [2.05, 4.69) is 402 Å². The van der Waals surface area contributed by atoms with E-state index in [1.54, 1.807) is 0 Å². The van der Waals surface area contributed by atoms with Crippen LogP contribution in [-0.4, -0.2) is 0 Å². The summed E-state index contributed by atoms with van der Waals surface area (Å²) >= 11 is 0. The van der Waals surface area contributed by atoms with Gasteiger partial charge in [-0.2, -0.15) is 0 Å². The van der Waals surface area contributed by atoms with Crippen molar-refractivity contribution in [3.63, 3.8) is 0 Å². The van der Waals surface area contributed by atoms with Gasteiger partial charge in [-0.15, -0.1) is 0 Å². The third-order valence-electron chi connectivity index (χ3n) is 33.0. The Balaban J connectivity index is -0.00000194. The molecule has 12 aromatic rings. The van der Waals surface area contributed by atoms with Gasteiger partial charge in [0.1, 0.15) is 0 Å². The summed E-state index contributed by atoms with van der Waals surface area (Å²) in [6.07, 6.45) is 2.50. The Morgan fingerprint density at radius 1 is 0.148 bits per heavy atom. The van der Waals surface area contributed by atoms with Gasteiger partial charge in [0.25, 0.3) is 0 Å². The second-order valence-corrected chi connectivity index (χ2v) is 39.9. The molecule has 0 fully saturated rings. The molecular weight excluding hydrogens is 1800 g/mol. The molecule has 0 amide bonds. The lowest BCUT2D eigenvalue weighted by Crippen LogP contribution is -2.23. The molecule has 149 heavy (non-hydrogen) atoms. The zero-order valence-corrected chi connectivity index (χ0v) is 110. The molecule has 12 aromatic carbocycles. The molecule has 0 aromatic heterocycles. The Bertz CT molecular complexity index is 5750. The molecule has 0 aliphatic heterocycles. The van der Waals surface area contributed by atoms with Gasteiger partial charge in [-0.25, -0.2) is 0 Å².